The van der Waals surface area contributed by atoms with E-state index in [4.69, 9.17) is 9.47 Å². The molecule has 1 fully saturated rings. The number of rotatable bonds is 4. The van der Waals surface area contributed by atoms with Crippen LogP contribution in [-0.4, -0.2) is 19.8 Å². The van der Waals surface area contributed by atoms with E-state index in [2.05, 4.69) is 34.2 Å². The van der Waals surface area contributed by atoms with Gasteiger partial charge >= 0.3 is 0 Å². The first kappa shape index (κ1) is 13.3. The number of fused-ring (bicyclic) bond motifs is 1. The molecule has 2 aliphatic rings. The summed E-state index contributed by atoms with van der Waals surface area (Å²) in [5.74, 6) is 2.48. The lowest BCUT2D eigenvalue weighted by molar-refractivity contribution is 0.170. The first-order chi connectivity index (χ1) is 9.29. The lowest BCUT2D eigenvalue weighted by Gasteiger charge is -2.35. The Hall–Kier alpha value is -0.740. The monoisotopic (exact) mass is 325 g/mol. The maximum Gasteiger partial charge on any atom is 0.162 e. The summed E-state index contributed by atoms with van der Waals surface area (Å²) in [7, 11) is 0. The van der Waals surface area contributed by atoms with E-state index in [9.17, 15) is 0 Å². The quantitative estimate of drug-likeness (QED) is 0.916. The van der Waals surface area contributed by atoms with Crippen LogP contribution < -0.4 is 14.8 Å². The molecule has 0 spiro atoms. The van der Waals surface area contributed by atoms with Crippen molar-refractivity contribution in [2.24, 2.45) is 5.92 Å². The molecule has 0 saturated heterocycles. The van der Waals surface area contributed by atoms with Gasteiger partial charge in [0.05, 0.1) is 0 Å². The van der Waals surface area contributed by atoms with E-state index in [1.54, 1.807) is 0 Å². The molecule has 3 rings (SSSR count). The van der Waals surface area contributed by atoms with Gasteiger partial charge < -0.3 is 14.8 Å². The lowest BCUT2D eigenvalue weighted by Crippen LogP contribution is -2.32. The van der Waals surface area contributed by atoms with E-state index in [-0.39, 0.29) is 0 Å². The van der Waals surface area contributed by atoms with Gasteiger partial charge in [-0.1, -0.05) is 29.3 Å². The normalized spacial score (nSPS) is 19.9. The van der Waals surface area contributed by atoms with Gasteiger partial charge in [0.2, 0.25) is 0 Å². The third-order valence-electron chi connectivity index (χ3n) is 4.04. The molecule has 3 nitrogen and oxygen atoms in total. The van der Waals surface area contributed by atoms with Crippen molar-refractivity contribution in [3.63, 3.8) is 0 Å². The predicted octanol–water partition coefficient (Wildman–Crippen LogP) is 3.67. The summed E-state index contributed by atoms with van der Waals surface area (Å²) >= 11 is 3.69. The molecule has 1 atom stereocenters. The number of halogens is 1. The molecule has 1 heterocycles. The van der Waals surface area contributed by atoms with Gasteiger partial charge in [-0.25, -0.2) is 0 Å². The van der Waals surface area contributed by atoms with Gasteiger partial charge in [-0.2, -0.15) is 0 Å². The summed E-state index contributed by atoms with van der Waals surface area (Å²) in [6.07, 6.45) is 3.99. The molecule has 104 valence electrons. The highest BCUT2D eigenvalue weighted by Gasteiger charge is 2.30. The predicted molar refractivity (Wildman–Crippen MR) is 78.9 cm³/mol. The summed E-state index contributed by atoms with van der Waals surface area (Å²) < 4.78 is 12.4. The fourth-order valence-corrected chi connectivity index (χ4v) is 3.41. The van der Waals surface area contributed by atoms with E-state index in [0.29, 0.717) is 19.3 Å². The molecule has 1 aliphatic carbocycles. The number of ether oxygens (including phenoxy) is 2. The van der Waals surface area contributed by atoms with Crippen molar-refractivity contribution in [3.8, 4) is 11.5 Å². The number of hydrogen-bond donors (Lipinski definition) is 1. The van der Waals surface area contributed by atoms with Crippen molar-refractivity contribution in [3.05, 3.63) is 22.2 Å². The molecule has 1 aliphatic heterocycles. The Kier molecular flexibility index (Phi) is 3.99. The Morgan fingerprint density at radius 2 is 1.95 bits per heavy atom. The highest BCUT2D eigenvalue weighted by Crippen LogP contribution is 2.44. The van der Waals surface area contributed by atoms with Crippen LogP contribution in [0.5, 0.6) is 11.5 Å². The molecule has 0 bridgehead atoms. The SMILES string of the molecule is CCNC(c1cc2c(cc1Br)OCCO2)C1CCC1. The minimum Gasteiger partial charge on any atom is -0.486 e. The number of nitrogens with one attached hydrogen (secondary N) is 1. The average molecular weight is 326 g/mol. The molecule has 4 heteroatoms. The Morgan fingerprint density at radius 3 is 2.53 bits per heavy atom. The molecule has 0 amide bonds. The van der Waals surface area contributed by atoms with Gasteiger partial charge in [-0.15, -0.1) is 0 Å². The van der Waals surface area contributed by atoms with Crippen LogP contribution in [0.2, 0.25) is 0 Å². The second kappa shape index (κ2) is 5.71. The highest BCUT2D eigenvalue weighted by atomic mass is 79.9. The molecule has 1 saturated carbocycles. The van der Waals surface area contributed by atoms with Gasteiger partial charge in [0, 0.05) is 10.5 Å². The minimum atomic E-state index is 0.420. The van der Waals surface area contributed by atoms with Gasteiger partial charge in [0.15, 0.2) is 11.5 Å². The first-order valence-electron chi connectivity index (χ1n) is 7.12. The van der Waals surface area contributed by atoms with E-state index in [1.165, 1.54) is 24.8 Å². The average Bonchev–Trinajstić information content (AvgIpc) is 2.35. The van der Waals surface area contributed by atoms with Gasteiger partial charge in [-0.05, 0) is 43.0 Å². The summed E-state index contributed by atoms with van der Waals surface area (Å²) in [6, 6.07) is 4.61. The second-order valence-electron chi connectivity index (χ2n) is 5.24. The van der Waals surface area contributed by atoms with Crippen molar-refractivity contribution in [2.45, 2.75) is 32.2 Å². The Bertz CT molecular complexity index is 460. The smallest absolute Gasteiger partial charge is 0.162 e. The van der Waals surface area contributed by atoms with Crippen LogP contribution in [-0.2, 0) is 0 Å². The van der Waals surface area contributed by atoms with Gasteiger partial charge in [0.25, 0.3) is 0 Å². The fraction of sp³-hybridized carbons (Fsp3) is 0.600. The third kappa shape index (κ3) is 2.61. The molecule has 0 aromatic heterocycles. The zero-order chi connectivity index (χ0) is 13.2. The molecule has 0 radical (unpaired) electrons. The minimum absolute atomic E-state index is 0.420. The van der Waals surface area contributed by atoms with Crippen molar-refractivity contribution < 1.29 is 9.47 Å². The summed E-state index contributed by atoms with van der Waals surface area (Å²) in [4.78, 5) is 0. The van der Waals surface area contributed by atoms with E-state index in [1.807, 2.05) is 6.07 Å². The zero-order valence-electron chi connectivity index (χ0n) is 11.2. The van der Waals surface area contributed by atoms with Crippen LogP contribution in [0.4, 0.5) is 0 Å². The standard InChI is InChI=1S/C15H20BrNO2/c1-2-17-15(10-4-3-5-10)11-8-13-14(9-12(11)16)19-7-6-18-13/h8-10,15,17H,2-7H2,1H3. The highest BCUT2D eigenvalue weighted by molar-refractivity contribution is 9.10. The van der Waals surface area contributed by atoms with Crippen LogP contribution in [0.3, 0.4) is 0 Å². The summed E-state index contributed by atoms with van der Waals surface area (Å²) in [5, 5.41) is 3.62. The molecule has 1 aromatic carbocycles. The lowest BCUT2D eigenvalue weighted by atomic mass is 9.77. The molecular weight excluding hydrogens is 306 g/mol. The summed E-state index contributed by atoms with van der Waals surface area (Å²) in [5.41, 5.74) is 1.30. The molecule has 1 N–H and O–H groups in total. The van der Waals surface area contributed by atoms with Crippen molar-refractivity contribution in [1.82, 2.24) is 5.32 Å². The molecule has 1 aromatic rings. The third-order valence-corrected chi connectivity index (χ3v) is 4.73. The molecule has 19 heavy (non-hydrogen) atoms. The summed E-state index contributed by atoms with van der Waals surface area (Å²) in [6.45, 7) is 4.43. The molecule has 1 unspecified atom stereocenters. The first-order valence-corrected chi connectivity index (χ1v) is 7.91. The fourth-order valence-electron chi connectivity index (χ4n) is 2.84. The van der Waals surface area contributed by atoms with Crippen LogP contribution >= 0.6 is 15.9 Å². The molecular formula is C15H20BrNO2. The van der Waals surface area contributed by atoms with Crippen molar-refractivity contribution in [2.75, 3.05) is 19.8 Å². The van der Waals surface area contributed by atoms with E-state index >= 15 is 0 Å². The van der Waals surface area contributed by atoms with Crippen LogP contribution in [0.1, 0.15) is 37.8 Å². The topological polar surface area (TPSA) is 30.5 Å². The Labute approximate surface area is 122 Å². The van der Waals surface area contributed by atoms with Crippen LogP contribution in [0.25, 0.3) is 0 Å². The van der Waals surface area contributed by atoms with Crippen LogP contribution in [0.15, 0.2) is 16.6 Å². The number of hydrogen-bond acceptors (Lipinski definition) is 3. The van der Waals surface area contributed by atoms with Gasteiger partial charge in [-0.3, -0.25) is 0 Å². The zero-order valence-corrected chi connectivity index (χ0v) is 12.8. The second-order valence-corrected chi connectivity index (χ2v) is 6.10. The Morgan fingerprint density at radius 1 is 1.26 bits per heavy atom. The maximum atomic E-state index is 5.71. The van der Waals surface area contributed by atoms with E-state index in [0.717, 1.165) is 28.4 Å². The van der Waals surface area contributed by atoms with Crippen molar-refractivity contribution >= 4 is 15.9 Å². The largest absolute Gasteiger partial charge is 0.486 e. The number of benzene rings is 1. The Balaban J connectivity index is 1.92. The van der Waals surface area contributed by atoms with E-state index < -0.39 is 0 Å². The maximum absolute atomic E-state index is 5.71. The van der Waals surface area contributed by atoms with Crippen molar-refractivity contribution in [1.29, 1.82) is 0 Å². The van der Waals surface area contributed by atoms with Crippen LogP contribution in [0, 0.1) is 5.92 Å². The van der Waals surface area contributed by atoms with Gasteiger partial charge in [0.1, 0.15) is 13.2 Å².